The fourth-order valence-corrected chi connectivity index (χ4v) is 2.65. The second kappa shape index (κ2) is 4.23. The third kappa shape index (κ3) is 2.06. The summed E-state index contributed by atoms with van der Waals surface area (Å²) >= 11 is 0. The summed E-state index contributed by atoms with van der Waals surface area (Å²) in [4.78, 5) is 9.75. The molecule has 1 aromatic rings. The molecule has 0 spiro atoms. The van der Waals surface area contributed by atoms with Gasteiger partial charge in [-0.3, -0.25) is 0 Å². The summed E-state index contributed by atoms with van der Waals surface area (Å²) in [7, 11) is -1.78. The van der Waals surface area contributed by atoms with Gasteiger partial charge in [0.2, 0.25) is 9.04 Å². The van der Waals surface area contributed by atoms with Crippen LogP contribution in [0.2, 0.25) is 0 Å². The van der Waals surface area contributed by atoms with Crippen molar-refractivity contribution in [2.75, 3.05) is 0 Å². The van der Waals surface area contributed by atoms with Gasteiger partial charge in [0.25, 0.3) is 0 Å². The third-order valence-electron chi connectivity index (χ3n) is 1.88. The fourth-order valence-electron chi connectivity index (χ4n) is 1.20. The van der Waals surface area contributed by atoms with Gasteiger partial charge in [0.15, 0.2) is 0 Å². The van der Waals surface area contributed by atoms with Gasteiger partial charge in [-0.05, 0) is 24.6 Å². The minimum absolute atomic E-state index is 1.12. The maximum atomic E-state index is 9.75. The molecule has 0 fully saturated rings. The molecule has 1 nitrogen and oxygen atoms in total. The molecule has 1 unspecified atom stereocenters. The van der Waals surface area contributed by atoms with Crippen LogP contribution >= 0.6 is 0 Å². The summed E-state index contributed by atoms with van der Waals surface area (Å²) in [5.74, 6) is 0. The second-order valence-electron chi connectivity index (χ2n) is 2.83. The van der Waals surface area contributed by atoms with Crippen LogP contribution in [0.4, 0.5) is 0 Å². The first-order valence-corrected chi connectivity index (χ1v) is 5.88. The Morgan fingerprint density at radius 2 is 2.00 bits per heavy atom. The monoisotopic (exact) mass is 178 g/mol. The molecule has 0 aliphatic carbocycles. The van der Waals surface area contributed by atoms with Crippen LogP contribution in [-0.4, -0.2) is 13.8 Å². The third-order valence-corrected chi connectivity index (χ3v) is 3.92. The van der Waals surface area contributed by atoms with E-state index in [4.69, 9.17) is 0 Å². The topological polar surface area (TPSA) is 20.2 Å². The van der Waals surface area contributed by atoms with E-state index in [9.17, 15) is 4.80 Å². The molecule has 0 saturated heterocycles. The summed E-state index contributed by atoms with van der Waals surface area (Å²) in [6.45, 7) is 3.98. The molecule has 1 aromatic carbocycles. The molecule has 0 heterocycles. The maximum absolute atomic E-state index is 9.75. The Hall–Kier alpha value is -0.863. The molecule has 0 aromatic heterocycles. The molecule has 1 N–H and O–H groups in total. The number of hydrogen-bond acceptors (Lipinski definition) is 1. The van der Waals surface area contributed by atoms with Crippen molar-refractivity contribution in [1.82, 2.24) is 0 Å². The molecular weight excluding hydrogens is 164 g/mol. The van der Waals surface area contributed by atoms with Crippen molar-refractivity contribution in [2.45, 2.75) is 13.8 Å². The highest BCUT2D eigenvalue weighted by Gasteiger charge is 2.07. The summed E-state index contributed by atoms with van der Waals surface area (Å²) in [6.07, 6.45) is 1.92. The van der Waals surface area contributed by atoms with Gasteiger partial charge in [0.05, 0.1) is 0 Å². The number of benzene rings is 1. The van der Waals surface area contributed by atoms with E-state index < -0.39 is 9.04 Å². The van der Waals surface area contributed by atoms with Crippen molar-refractivity contribution in [1.29, 1.82) is 0 Å². The highest BCUT2D eigenvalue weighted by molar-refractivity contribution is 6.71. The van der Waals surface area contributed by atoms with E-state index in [0.717, 1.165) is 5.19 Å². The first-order valence-electron chi connectivity index (χ1n) is 4.12. The first kappa shape index (κ1) is 9.23. The molecule has 0 aliphatic rings. The van der Waals surface area contributed by atoms with Crippen molar-refractivity contribution in [3.8, 4) is 0 Å². The molecule has 0 bridgehead atoms. The highest BCUT2D eigenvalue weighted by Crippen LogP contribution is 1.95. The van der Waals surface area contributed by atoms with Crippen LogP contribution in [0.5, 0.6) is 0 Å². The van der Waals surface area contributed by atoms with Crippen molar-refractivity contribution >= 4 is 14.2 Å². The van der Waals surface area contributed by atoms with E-state index in [-0.39, 0.29) is 0 Å². The molecule has 64 valence electrons. The standard InChI is InChI=1S/C10H14OSi/c1-3-8-12(11)10-7-5-4-6-9(10)2/h3-8,11-12H,1-2H3/b8-3+. The van der Waals surface area contributed by atoms with Crippen LogP contribution in [-0.2, 0) is 0 Å². The van der Waals surface area contributed by atoms with Crippen LogP contribution in [0, 0.1) is 6.92 Å². The van der Waals surface area contributed by atoms with Gasteiger partial charge < -0.3 is 4.80 Å². The lowest BCUT2D eigenvalue weighted by atomic mass is 10.2. The van der Waals surface area contributed by atoms with Crippen molar-refractivity contribution in [3.63, 3.8) is 0 Å². The molecule has 0 saturated carbocycles. The zero-order chi connectivity index (χ0) is 8.97. The van der Waals surface area contributed by atoms with Crippen molar-refractivity contribution in [2.24, 2.45) is 0 Å². The number of allylic oxidation sites excluding steroid dienone is 1. The minimum Gasteiger partial charge on any atom is -0.427 e. The smallest absolute Gasteiger partial charge is 0.228 e. The van der Waals surface area contributed by atoms with E-state index >= 15 is 0 Å². The van der Waals surface area contributed by atoms with Crippen LogP contribution in [0.15, 0.2) is 36.0 Å². The van der Waals surface area contributed by atoms with Gasteiger partial charge in [0, 0.05) is 0 Å². The number of rotatable bonds is 2. The van der Waals surface area contributed by atoms with E-state index in [1.807, 2.05) is 49.9 Å². The van der Waals surface area contributed by atoms with Gasteiger partial charge in [0.1, 0.15) is 0 Å². The average Bonchev–Trinajstić information content (AvgIpc) is 2.05. The van der Waals surface area contributed by atoms with Crippen LogP contribution in [0.1, 0.15) is 12.5 Å². The lowest BCUT2D eigenvalue weighted by Gasteiger charge is -2.06. The van der Waals surface area contributed by atoms with Crippen LogP contribution in [0.25, 0.3) is 0 Å². The molecule has 12 heavy (non-hydrogen) atoms. The maximum Gasteiger partial charge on any atom is 0.228 e. The van der Waals surface area contributed by atoms with E-state index in [0.29, 0.717) is 0 Å². The van der Waals surface area contributed by atoms with E-state index in [1.54, 1.807) is 0 Å². The highest BCUT2D eigenvalue weighted by atomic mass is 28.3. The van der Waals surface area contributed by atoms with Crippen LogP contribution in [0.3, 0.4) is 0 Å². The molecular formula is C10H14OSi. The Morgan fingerprint density at radius 1 is 1.33 bits per heavy atom. The van der Waals surface area contributed by atoms with Gasteiger partial charge in [-0.25, -0.2) is 0 Å². The summed E-state index contributed by atoms with van der Waals surface area (Å²) < 4.78 is 0. The van der Waals surface area contributed by atoms with Crippen molar-refractivity contribution < 1.29 is 4.80 Å². The quantitative estimate of drug-likeness (QED) is 0.671. The Morgan fingerprint density at radius 3 is 2.58 bits per heavy atom. The Labute approximate surface area is 75.1 Å². The number of hydrogen-bond donors (Lipinski definition) is 1. The van der Waals surface area contributed by atoms with Gasteiger partial charge in [-0.1, -0.05) is 36.0 Å². The summed E-state index contributed by atoms with van der Waals surface area (Å²) in [6, 6.07) is 8.01. The minimum atomic E-state index is -1.78. The van der Waals surface area contributed by atoms with Gasteiger partial charge in [-0.2, -0.15) is 0 Å². The fraction of sp³-hybridized carbons (Fsp3) is 0.200. The Kier molecular flexibility index (Phi) is 3.26. The predicted molar refractivity (Wildman–Crippen MR) is 55.0 cm³/mol. The molecule has 2 heteroatoms. The summed E-state index contributed by atoms with van der Waals surface area (Å²) in [5, 5.41) is 1.12. The average molecular weight is 178 g/mol. The van der Waals surface area contributed by atoms with Crippen LogP contribution < -0.4 is 5.19 Å². The van der Waals surface area contributed by atoms with E-state index in [1.165, 1.54) is 5.56 Å². The normalized spacial score (nSPS) is 13.6. The zero-order valence-corrected chi connectivity index (χ0v) is 8.64. The predicted octanol–water partition coefficient (Wildman–Crippen LogP) is 1.03. The Bertz CT molecular complexity index is 281. The SMILES string of the molecule is C/C=C/[SiH](O)c1ccccc1C. The van der Waals surface area contributed by atoms with Crippen molar-refractivity contribution in [3.05, 3.63) is 41.6 Å². The second-order valence-corrected chi connectivity index (χ2v) is 4.72. The lowest BCUT2D eigenvalue weighted by molar-refractivity contribution is 0.599. The van der Waals surface area contributed by atoms with Gasteiger partial charge in [-0.15, -0.1) is 0 Å². The zero-order valence-electron chi connectivity index (χ0n) is 7.49. The summed E-state index contributed by atoms with van der Waals surface area (Å²) in [5.41, 5.74) is 3.11. The molecule has 0 aliphatic heterocycles. The molecule has 0 amide bonds. The Balaban J connectivity index is 2.94. The number of aryl methyl sites for hydroxylation is 1. The molecule has 0 radical (unpaired) electrons. The largest absolute Gasteiger partial charge is 0.427 e. The molecule has 1 rings (SSSR count). The van der Waals surface area contributed by atoms with E-state index in [2.05, 4.69) is 0 Å². The van der Waals surface area contributed by atoms with Gasteiger partial charge >= 0.3 is 0 Å². The lowest BCUT2D eigenvalue weighted by Crippen LogP contribution is -2.30. The first-order chi connectivity index (χ1) is 5.75. The molecule has 1 atom stereocenters.